The van der Waals surface area contributed by atoms with Gasteiger partial charge in [0.25, 0.3) is 0 Å². The van der Waals surface area contributed by atoms with Crippen LogP contribution in [0.25, 0.3) is 0 Å². The van der Waals surface area contributed by atoms with Crippen molar-refractivity contribution in [2.75, 3.05) is 13.6 Å². The molecule has 0 heterocycles. The number of nitrogens with zero attached hydrogens (tertiary/aromatic N) is 1. The van der Waals surface area contributed by atoms with Crippen molar-refractivity contribution in [3.63, 3.8) is 0 Å². The second kappa shape index (κ2) is 8.32. The molecule has 0 aromatic heterocycles. The summed E-state index contributed by atoms with van der Waals surface area (Å²) in [7, 11) is 0.474. The summed E-state index contributed by atoms with van der Waals surface area (Å²) in [5, 5.41) is 18.7. The Morgan fingerprint density at radius 1 is 1.27 bits per heavy atom. The van der Waals surface area contributed by atoms with Gasteiger partial charge in [0.05, 0.1) is 0 Å². The van der Waals surface area contributed by atoms with Crippen molar-refractivity contribution in [2.24, 2.45) is 0 Å². The molecule has 0 atom stereocenters. The molecule has 0 aliphatic heterocycles. The fourth-order valence-corrected chi connectivity index (χ4v) is 2.19. The van der Waals surface area contributed by atoms with E-state index in [1.807, 2.05) is 44.9 Å². The second-order valence-corrected chi connectivity index (χ2v) is 6.50. The van der Waals surface area contributed by atoms with Crippen molar-refractivity contribution >= 4 is 18.6 Å². The van der Waals surface area contributed by atoms with E-state index in [0.29, 0.717) is 24.8 Å². The van der Waals surface area contributed by atoms with Crippen LogP contribution in [0.1, 0.15) is 39.2 Å². The molecule has 0 amide bonds. The number of rotatable bonds is 7. The van der Waals surface area contributed by atoms with E-state index in [9.17, 15) is 14.8 Å². The summed E-state index contributed by atoms with van der Waals surface area (Å²) in [6.45, 7) is 6.90. The molecule has 1 rings (SSSR count). The molecule has 0 aliphatic rings. The summed E-state index contributed by atoms with van der Waals surface area (Å²) in [5.74, 6) is -0.188. The predicted molar refractivity (Wildman–Crippen MR) is 87.7 cm³/mol. The largest absolute Gasteiger partial charge is 0.488 e. The maximum atomic E-state index is 11.6. The molecule has 0 saturated heterocycles. The van der Waals surface area contributed by atoms with Crippen LogP contribution in [0.5, 0.6) is 0 Å². The zero-order chi connectivity index (χ0) is 16.8. The van der Waals surface area contributed by atoms with Crippen molar-refractivity contribution in [2.45, 2.75) is 45.8 Å². The minimum atomic E-state index is -1.47. The Kier molecular flexibility index (Phi) is 7.06. The number of ether oxygens (including phenoxy) is 1. The molecule has 0 radical (unpaired) electrons. The van der Waals surface area contributed by atoms with Gasteiger partial charge in [-0.05, 0) is 51.8 Å². The van der Waals surface area contributed by atoms with Crippen LogP contribution in [-0.2, 0) is 16.1 Å². The van der Waals surface area contributed by atoms with E-state index in [1.54, 1.807) is 12.1 Å². The highest BCUT2D eigenvalue weighted by atomic mass is 16.6. The molecule has 6 heteroatoms. The summed E-state index contributed by atoms with van der Waals surface area (Å²) >= 11 is 0. The lowest BCUT2D eigenvalue weighted by atomic mass is 9.77. The van der Waals surface area contributed by atoms with Gasteiger partial charge in [-0.25, -0.2) is 0 Å². The number of hydrogen-bond donors (Lipinski definition) is 2. The van der Waals surface area contributed by atoms with Crippen LogP contribution in [0.4, 0.5) is 0 Å². The first-order valence-corrected chi connectivity index (χ1v) is 7.53. The first-order valence-electron chi connectivity index (χ1n) is 7.53. The number of benzene rings is 1. The third-order valence-electron chi connectivity index (χ3n) is 3.11. The maximum absolute atomic E-state index is 11.6. The van der Waals surface area contributed by atoms with Crippen molar-refractivity contribution < 1.29 is 19.6 Å². The average Bonchev–Trinajstić information content (AvgIpc) is 2.36. The molecule has 0 unspecified atom stereocenters. The van der Waals surface area contributed by atoms with E-state index in [4.69, 9.17) is 4.74 Å². The van der Waals surface area contributed by atoms with Crippen molar-refractivity contribution in [3.8, 4) is 0 Å². The Morgan fingerprint density at radius 2 is 1.91 bits per heavy atom. The van der Waals surface area contributed by atoms with Crippen LogP contribution in [0.2, 0.25) is 0 Å². The predicted octanol–water partition coefficient (Wildman–Crippen LogP) is 0.920. The highest BCUT2D eigenvalue weighted by Crippen LogP contribution is 2.10. The molecule has 1 aromatic rings. The first-order chi connectivity index (χ1) is 10.2. The van der Waals surface area contributed by atoms with Crippen molar-refractivity contribution in [1.29, 1.82) is 0 Å². The molecule has 0 fully saturated rings. The molecule has 0 saturated carbocycles. The van der Waals surface area contributed by atoms with Crippen LogP contribution in [-0.4, -0.2) is 47.2 Å². The van der Waals surface area contributed by atoms with Gasteiger partial charge in [0, 0.05) is 13.0 Å². The van der Waals surface area contributed by atoms with E-state index >= 15 is 0 Å². The summed E-state index contributed by atoms with van der Waals surface area (Å²) in [6.07, 6.45) is 1.08. The average molecular weight is 307 g/mol. The van der Waals surface area contributed by atoms with Crippen LogP contribution >= 0.6 is 0 Å². The summed E-state index contributed by atoms with van der Waals surface area (Å²) < 4.78 is 5.26. The van der Waals surface area contributed by atoms with Gasteiger partial charge >= 0.3 is 13.1 Å². The Labute approximate surface area is 133 Å². The Balaban J connectivity index is 2.41. The SMILES string of the molecule is CN(CCCC(=O)OC(C)(C)C)Cc1ccccc1B(O)O. The molecule has 1 aromatic carbocycles. The molecular formula is C16H26BNO4. The van der Waals surface area contributed by atoms with E-state index in [-0.39, 0.29) is 5.97 Å². The topological polar surface area (TPSA) is 70.0 Å². The minimum Gasteiger partial charge on any atom is -0.460 e. The molecule has 22 heavy (non-hydrogen) atoms. The quantitative estimate of drug-likeness (QED) is 0.579. The zero-order valence-corrected chi connectivity index (χ0v) is 13.9. The van der Waals surface area contributed by atoms with E-state index in [1.165, 1.54) is 0 Å². The van der Waals surface area contributed by atoms with E-state index < -0.39 is 12.7 Å². The summed E-state index contributed by atoms with van der Waals surface area (Å²) in [6, 6.07) is 7.23. The fraction of sp³-hybridized carbons (Fsp3) is 0.562. The monoisotopic (exact) mass is 307 g/mol. The molecule has 122 valence electrons. The van der Waals surface area contributed by atoms with E-state index in [0.717, 1.165) is 12.1 Å². The highest BCUT2D eigenvalue weighted by molar-refractivity contribution is 6.59. The molecular weight excluding hydrogens is 281 g/mol. The van der Waals surface area contributed by atoms with Crippen molar-refractivity contribution in [1.82, 2.24) is 4.90 Å². The third kappa shape index (κ3) is 7.07. The van der Waals surface area contributed by atoms with Crippen LogP contribution in [0.3, 0.4) is 0 Å². The fourth-order valence-electron chi connectivity index (χ4n) is 2.19. The molecule has 0 bridgehead atoms. The van der Waals surface area contributed by atoms with Gasteiger partial charge in [-0.3, -0.25) is 4.79 Å². The minimum absolute atomic E-state index is 0.188. The van der Waals surface area contributed by atoms with Gasteiger partial charge in [-0.1, -0.05) is 24.3 Å². The summed E-state index contributed by atoms with van der Waals surface area (Å²) in [4.78, 5) is 13.7. The van der Waals surface area contributed by atoms with Gasteiger partial charge in [0.2, 0.25) is 0 Å². The van der Waals surface area contributed by atoms with Crippen LogP contribution in [0, 0.1) is 0 Å². The number of carbonyl (C=O) groups excluding carboxylic acids is 1. The van der Waals surface area contributed by atoms with E-state index in [2.05, 4.69) is 0 Å². The second-order valence-electron chi connectivity index (χ2n) is 6.50. The van der Waals surface area contributed by atoms with Gasteiger partial charge in [0.1, 0.15) is 5.60 Å². The van der Waals surface area contributed by atoms with Crippen LogP contribution < -0.4 is 5.46 Å². The van der Waals surface area contributed by atoms with Crippen LogP contribution in [0.15, 0.2) is 24.3 Å². The number of carbonyl (C=O) groups is 1. The Bertz CT molecular complexity index is 485. The number of hydrogen-bond acceptors (Lipinski definition) is 5. The molecule has 2 N–H and O–H groups in total. The summed E-state index contributed by atoms with van der Waals surface area (Å²) in [5.41, 5.74) is 0.942. The van der Waals surface area contributed by atoms with Gasteiger partial charge in [0.15, 0.2) is 0 Å². The molecule has 5 nitrogen and oxygen atoms in total. The lowest BCUT2D eigenvalue weighted by Gasteiger charge is -2.21. The normalized spacial score (nSPS) is 11.6. The lowest BCUT2D eigenvalue weighted by Crippen LogP contribution is -2.35. The van der Waals surface area contributed by atoms with Gasteiger partial charge < -0.3 is 19.7 Å². The Morgan fingerprint density at radius 3 is 2.50 bits per heavy atom. The Hall–Kier alpha value is -1.37. The molecule has 0 spiro atoms. The maximum Gasteiger partial charge on any atom is 0.488 e. The zero-order valence-electron chi connectivity index (χ0n) is 13.9. The first kappa shape index (κ1) is 18.7. The lowest BCUT2D eigenvalue weighted by molar-refractivity contribution is -0.154. The van der Waals surface area contributed by atoms with Gasteiger partial charge in [-0.2, -0.15) is 0 Å². The molecule has 0 aliphatic carbocycles. The number of esters is 1. The third-order valence-corrected chi connectivity index (χ3v) is 3.11. The van der Waals surface area contributed by atoms with Gasteiger partial charge in [-0.15, -0.1) is 0 Å². The highest BCUT2D eigenvalue weighted by Gasteiger charge is 2.17. The standard InChI is InChI=1S/C16H26BNO4/c1-16(2,3)22-15(19)10-7-11-18(4)12-13-8-5-6-9-14(13)17(20)21/h5-6,8-9,20-21H,7,10-12H2,1-4H3. The smallest absolute Gasteiger partial charge is 0.460 e. The van der Waals surface area contributed by atoms with Crippen molar-refractivity contribution in [3.05, 3.63) is 29.8 Å².